The van der Waals surface area contributed by atoms with Crippen molar-refractivity contribution in [2.45, 2.75) is 6.42 Å². The molecule has 17 heavy (non-hydrogen) atoms. The van der Waals surface area contributed by atoms with Crippen LogP contribution in [0.5, 0.6) is 0 Å². The van der Waals surface area contributed by atoms with Gasteiger partial charge in [-0.3, -0.25) is 4.68 Å². The predicted molar refractivity (Wildman–Crippen MR) is 62.8 cm³/mol. The van der Waals surface area contributed by atoms with Gasteiger partial charge < -0.3 is 9.84 Å². The summed E-state index contributed by atoms with van der Waals surface area (Å²) >= 11 is 0. The number of fused-ring (bicyclic) bond motifs is 1. The molecule has 0 radical (unpaired) electrons. The van der Waals surface area contributed by atoms with E-state index in [1.54, 1.807) is 16.8 Å². The predicted octanol–water partition coefficient (Wildman–Crippen LogP) is 0.895. The Kier molecular flexibility index (Phi) is 3.10. The van der Waals surface area contributed by atoms with Gasteiger partial charge in [0, 0.05) is 25.5 Å². The number of rotatable bonds is 3. The molecule has 0 atom stereocenters. The van der Waals surface area contributed by atoms with Gasteiger partial charge in [-0.1, -0.05) is 0 Å². The number of benzene rings is 1. The molecule has 0 aliphatic rings. The lowest BCUT2D eigenvalue weighted by Crippen LogP contribution is -2.00. The average Bonchev–Trinajstić information content (AvgIpc) is 2.65. The number of nitrogens with zero attached hydrogens (tertiary/aromatic N) is 2. The molecule has 5 nitrogen and oxygen atoms in total. The molecule has 0 spiro atoms. The minimum Gasteiger partial charge on any atom is -0.465 e. The van der Waals surface area contributed by atoms with Crippen molar-refractivity contribution in [2.24, 2.45) is 7.05 Å². The molecule has 1 aromatic heterocycles. The van der Waals surface area contributed by atoms with Crippen LogP contribution in [-0.4, -0.2) is 34.6 Å². The number of aliphatic hydroxyl groups is 1. The summed E-state index contributed by atoms with van der Waals surface area (Å²) in [6, 6.07) is 5.28. The van der Waals surface area contributed by atoms with E-state index in [1.807, 2.05) is 13.1 Å². The lowest BCUT2D eigenvalue weighted by atomic mass is 10.1. The van der Waals surface area contributed by atoms with Crippen LogP contribution in [0.3, 0.4) is 0 Å². The topological polar surface area (TPSA) is 64.3 Å². The van der Waals surface area contributed by atoms with E-state index in [4.69, 9.17) is 5.11 Å². The molecule has 0 aliphatic heterocycles. The fourth-order valence-electron chi connectivity index (χ4n) is 1.87. The van der Waals surface area contributed by atoms with E-state index in [0.717, 1.165) is 16.6 Å². The van der Waals surface area contributed by atoms with Crippen molar-refractivity contribution in [3.8, 4) is 0 Å². The van der Waals surface area contributed by atoms with Crippen LogP contribution in [0.25, 0.3) is 10.9 Å². The molecule has 90 valence electrons. The van der Waals surface area contributed by atoms with Gasteiger partial charge in [-0.05, 0) is 18.2 Å². The number of hydrogen-bond donors (Lipinski definition) is 1. The highest BCUT2D eigenvalue weighted by atomic mass is 16.5. The first kappa shape index (κ1) is 11.6. The molecule has 2 aromatic rings. The molecule has 0 bridgehead atoms. The van der Waals surface area contributed by atoms with Crippen LogP contribution in [-0.2, 0) is 18.2 Å². The Bertz CT molecular complexity index is 560. The number of carbonyl (C=O) groups excluding carboxylic acids is 1. The van der Waals surface area contributed by atoms with Gasteiger partial charge in [-0.25, -0.2) is 4.79 Å². The molecule has 1 heterocycles. The standard InChI is InChI=1S/C12H14N2O3/c1-14-11-4-3-8(12(16)17-2)7-9(11)10(13-14)5-6-15/h3-4,7,15H,5-6H2,1-2H3. The fourth-order valence-corrected chi connectivity index (χ4v) is 1.87. The summed E-state index contributed by atoms with van der Waals surface area (Å²) in [5.41, 5.74) is 2.21. The number of methoxy groups -OCH3 is 1. The van der Waals surface area contributed by atoms with Crippen molar-refractivity contribution in [3.63, 3.8) is 0 Å². The summed E-state index contributed by atoms with van der Waals surface area (Å²) in [5, 5.41) is 14.2. The number of hydrogen-bond acceptors (Lipinski definition) is 4. The molecule has 1 N–H and O–H groups in total. The van der Waals surface area contributed by atoms with Gasteiger partial charge in [-0.2, -0.15) is 5.10 Å². The van der Waals surface area contributed by atoms with E-state index < -0.39 is 0 Å². The third-order valence-electron chi connectivity index (χ3n) is 2.70. The fraction of sp³-hybridized carbons (Fsp3) is 0.333. The summed E-state index contributed by atoms with van der Waals surface area (Å²) in [6.45, 7) is 0.0363. The zero-order valence-corrected chi connectivity index (χ0v) is 9.80. The summed E-state index contributed by atoms with van der Waals surface area (Å²) in [4.78, 5) is 11.4. The third kappa shape index (κ3) is 2.01. The van der Waals surface area contributed by atoms with Crippen LogP contribution in [0.15, 0.2) is 18.2 Å². The van der Waals surface area contributed by atoms with Crippen LogP contribution < -0.4 is 0 Å². The number of carbonyl (C=O) groups is 1. The van der Waals surface area contributed by atoms with Gasteiger partial charge in [0.1, 0.15) is 0 Å². The second-order valence-corrected chi connectivity index (χ2v) is 3.77. The van der Waals surface area contributed by atoms with Gasteiger partial charge in [0.2, 0.25) is 0 Å². The Balaban J connectivity index is 2.57. The largest absolute Gasteiger partial charge is 0.465 e. The molecule has 0 fully saturated rings. The van der Waals surface area contributed by atoms with E-state index in [0.29, 0.717) is 12.0 Å². The highest BCUT2D eigenvalue weighted by Gasteiger charge is 2.12. The van der Waals surface area contributed by atoms with Crippen molar-refractivity contribution in [2.75, 3.05) is 13.7 Å². The summed E-state index contributed by atoms with van der Waals surface area (Å²) in [7, 11) is 3.19. The number of aromatic nitrogens is 2. The van der Waals surface area contributed by atoms with E-state index in [9.17, 15) is 4.79 Å². The molecule has 5 heteroatoms. The molecule has 0 saturated carbocycles. The Labute approximate surface area is 98.6 Å². The van der Waals surface area contributed by atoms with Crippen molar-refractivity contribution in [1.82, 2.24) is 9.78 Å². The van der Waals surface area contributed by atoms with Gasteiger partial charge in [0.15, 0.2) is 0 Å². The highest BCUT2D eigenvalue weighted by molar-refractivity contribution is 5.95. The molecule has 1 aromatic carbocycles. The smallest absolute Gasteiger partial charge is 0.337 e. The molecule has 0 unspecified atom stereocenters. The van der Waals surface area contributed by atoms with Crippen LogP contribution in [0.4, 0.5) is 0 Å². The second kappa shape index (κ2) is 4.55. The Morgan fingerprint density at radius 3 is 2.94 bits per heavy atom. The normalized spacial score (nSPS) is 10.8. The first-order valence-corrected chi connectivity index (χ1v) is 5.32. The zero-order valence-electron chi connectivity index (χ0n) is 9.80. The summed E-state index contributed by atoms with van der Waals surface area (Å²) < 4.78 is 6.41. The highest BCUT2D eigenvalue weighted by Crippen LogP contribution is 2.20. The van der Waals surface area contributed by atoms with Crippen molar-refractivity contribution < 1.29 is 14.6 Å². The first-order chi connectivity index (χ1) is 8.17. The SMILES string of the molecule is COC(=O)c1ccc2c(c1)c(CCO)nn2C. The molecule has 0 amide bonds. The molecule has 0 aliphatic carbocycles. The van der Waals surface area contributed by atoms with Crippen LogP contribution in [0.1, 0.15) is 16.1 Å². The van der Waals surface area contributed by atoms with Gasteiger partial charge in [0.25, 0.3) is 0 Å². The van der Waals surface area contributed by atoms with Crippen molar-refractivity contribution in [1.29, 1.82) is 0 Å². The Hall–Kier alpha value is -1.88. The number of aliphatic hydroxyl groups excluding tert-OH is 1. The number of aryl methyl sites for hydroxylation is 1. The Morgan fingerprint density at radius 2 is 2.29 bits per heavy atom. The number of esters is 1. The Morgan fingerprint density at radius 1 is 1.53 bits per heavy atom. The van der Waals surface area contributed by atoms with Gasteiger partial charge >= 0.3 is 5.97 Å². The molecular weight excluding hydrogens is 220 g/mol. The van der Waals surface area contributed by atoms with E-state index >= 15 is 0 Å². The average molecular weight is 234 g/mol. The van der Waals surface area contributed by atoms with Crippen molar-refractivity contribution >= 4 is 16.9 Å². The maximum Gasteiger partial charge on any atom is 0.337 e. The number of ether oxygens (including phenoxy) is 1. The van der Waals surface area contributed by atoms with Gasteiger partial charge in [0.05, 0.1) is 23.9 Å². The lowest BCUT2D eigenvalue weighted by molar-refractivity contribution is 0.0601. The maximum atomic E-state index is 11.4. The van der Waals surface area contributed by atoms with Crippen LogP contribution in [0.2, 0.25) is 0 Å². The van der Waals surface area contributed by atoms with Gasteiger partial charge in [-0.15, -0.1) is 0 Å². The van der Waals surface area contributed by atoms with E-state index in [2.05, 4.69) is 9.84 Å². The van der Waals surface area contributed by atoms with E-state index in [-0.39, 0.29) is 12.6 Å². The molecule has 0 saturated heterocycles. The van der Waals surface area contributed by atoms with Crippen LogP contribution >= 0.6 is 0 Å². The van der Waals surface area contributed by atoms with Crippen molar-refractivity contribution in [3.05, 3.63) is 29.5 Å². The second-order valence-electron chi connectivity index (χ2n) is 3.77. The minimum atomic E-state index is -0.370. The summed E-state index contributed by atoms with van der Waals surface area (Å²) in [5.74, 6) is -0.370. The maximum absolute atomic E-state index is 11.4. The quantitative estimate of drug-likeness (QED) is 0.801. The summed E-state index contributed by atoms with van der Waals surface area (Å²) in [6.07, 6.45) is 0.474. The molecule has 2 rings (SSSR count). The zero-order chi connectivity index (χ0) is 12.4. The minimum absolute atomic E-state index is 0.0363. The monoisotopic (exact) mass is 234 g/mol. The first-order valence-electron chi connectivity index (χ1n) is 5.32. The lowest BCUT2D eigenvalue weighted by Gasteiger charge is -2.00. The van der Waals surface area contributed by atoms with Crippen LogP contribution in [0, 0.1) is 0 Å². The molecular formula is C12H14N2O3. The third-order valence-corrected chi connectivity index (χ3v) is 2.70. The van der Waals surface area contributed by atoms with E-state index in [1.165, 1.54) is 7.11 Å².